The van der Waals surface area contributed by atoms with Gasteiger partial charge in [-0.05, 0) is 43.4 Å². The third kappa shape index (κ3) is 2.82. The monoisotopic (exact) mass is 270 g/mol. The van der Waals surface area contributed by atoms with Crippen LogP contribution in [-0.4, -0.2) is 5.78 Å². The van der Waals surface area contributed by atoms with E-state index in [0.717, 1.165) is 31.4 Å². The molecular weight excluding hydrogens is 253 g/mol. The van der Waals surface area contributed by atoms with Gasteiger partial charge in [-0.15, -0.1) is 0 Å². The number of rotatable bonds is 2. The largest absolute Gasteiger partial charge is 0.416 e. The highest BCUT2D eigenvalue weighted by Crippen LogP contribution is 2.35. The molecule has 1 saturated carbocycles. The summed E-state index contributed by atoms with van der Waals surface area (Å²) in [4.78, 5) is 12.4. The number of benzene rings is 1. The Morgan fingerprint density at radius 3 is 2.42 bits per heavy atom. The first kappa shape index (κ1) is 14.1. The van der Waals surface area contributed by atoms with Crippen LogP contribution in [0.1, 0.15) is 47.7 Å². The standard InChI is InChI=1S/C15H17F3O/c1-9-4-3-5-12(9)14(19)13-7-6-11(8-10(13)2)15(16,17)18/h6-9,12H,3-5H2,1-2H3. The van der Waals surface area contributed by atoms with Crippen LogP contribution in [0.4, 0.5) is 13.2 Å². The highest BCUT2D eigenvalue weighted by molar-refractivity contribution is 5.99. The van der Waals surface area contributed by atoms with Gasteiger partial charge in [-0.25, -0.2) is 0 Å². The van der Waals surface area contributed by atoms with Crippen molar-refractivity contribution in [3.05, 3.63) is 34.9 Å². The highest BCUT2D eigenvalue weighted by atomic mass is 19.4. The van der Waals surface area contributed by atoms with E-state index in [9.17, 15) is 18.0 Å². The summed E-state index contributed by atoms with van der Waals surface area (Å²) in [6, 6.07) is 3.39. The number of halogens is 3. The van der Waals surface area contributed by atoms with E-state index in [1.807, 2.05) is 6.92 Å². The molecule has 0 heterocycles. The molecule has 0 amide bonds. The number of ketones is 1. The molecule has 1 nitrogen and oxygen atoms in total. The Hall–Kier alpha value is -1.32. The lowest BCUT2D eigenvalue weighted by molar-refractivity contribution is -0.137. The molecule has 2 atom stereocenters. The van der Waals surface area contributed by atoms with Gasteiger partial charge in [-0.3, -0.25) is 4.79 Å². The summed E-state index contributed by atoms with van der Waals surface area (Å²) >= 11 is 0. The van der Waals surface area contributed by atoms with Gasteiger partial charge in [0.25, 0.3) is 0 Å². The van der Waals surface area contributed by atoms with Crippen molar-refractivity contribution in [2.45, 2.75) is 39.3 Å². The van der Waals surface area contributed by atoms with Gasteiger partial charge in [0.05, 0.1) is 5.56 Å². The van der Waals surface area contributed by atoms with Crippen molar-refractivity contribution in [2.24, 2.45) is 11.8 Å². The zero-order valence-corrected chi connectivity index (χ0v) is 11.1. The van der Waals surface area contributed by atoms with Crippen LogP contribution in [0.25, 0.3) is 0 Å². The van der Waals surface area contributed by atoms with E-state index in [2.05, 4.69) is 0 Å². The molecule has 4 heteroatoms. The molecule has 0 aromatic heterocycles. The summed E-state index contributed by atoms with van der Waals surface area (Å²) in [6.45, 7) is 3.61. The third-order valence-electron chi connectivity index (χ3n) is 4.02. The molecule has 1 fully saturated rings. The number of hydrogen-bond donors (Lipinski definition) is 0. The number of carbonyl (C=O) groups is 1. The SMILES string of the molecule is Cc1cc(C(F)(F)F)ccc1C(=O)C1CCCC1C. The molecule has 0 saturated heterocycles. The van der Waals surface area contributed by atoms with Crippen LogP contribution in [-0.2, 0) is 6.18 Å². The van der Waals surface area contributed by atoms with Crippen LogP contribution >= 0.6 is 0 Å². The molecule has 0 radical (unpaired) electrons. The van der Waals surface area contributed by atoms with Crippen molar-refractivity contribution in [1.82, 2.24) is 0 Å². The maximum Gasteiger partial charge on any atom is 0.416 e. The van der Waals surface area contributed by atoms with E-state index in [0.29, 0.717) is 17.0 Å². The smallest absolute Gasteiger partial charge is 0.294 e. The highest BCUT2D eigenvalue weighted by Gasteiger charge is 2.33. The van der Waals surface area contributed by atoms with Gasteiger partial charge in [-0.1, -0.05) is 19.4 Å². The lowest BCUT2D eigenvalue weighted by atomic mass is 9.87. The topological polar surface area (TPSA) is 17.1 Å². The Labute approximate surface area is 110 Å². The van der Waals surface area contributed by atoms with E-state index < -0.39 is 11.7 Å². The fourth-order valence-corrected chi connectivity index (χ4v) is 2.85. The second-order valence-corrected chi connectivity index (χ2v) is 5.41. The van der Waals surface area contributed by atoms with Gasteiger partial charge < -0.3 is 0 Å². The molecule has 2 rings (SSSR count). The fourth-order valence-electron chi connectivity index (χ4n) is 2.85. The summed E-state index contributed by atoms with van der Waals surface area (Å²) in [5.41, 5.74) is 0.159. The van der Waals surface area contributed by atoms with Gasteiger partial charge in [0.1, 0.15) is 0 Å². The fraction of sp³-hybridized carbons (Fsp3) is 0.533. The van der Waals surface area contributed by atoms with Crippen LogP contribution < -0.4 is 0 Å². The Morgan fingerprint density at radius 2 is 1.95 bits per heavy atom. The Kier molecular flexibility index (Phi) is 3.70. The van der Waals surface area contributed by atoms with E-state index in [1.54, 1.807) is 6.92 Å². The summed E-state index contributed by atoms with van der Waals surface area (Å²) in [5.74, 6) is 0.292. The first-order valence-electron chi connectivity index (χ1n) is 6.52. The predicted molar refractivity (Wildman–Crippen MR) is 67.0 cm³/mol. The molecular formula is C15H17F3O. The summed E-state index contributed by atoms with van der Waals surface area (Å²) in [7, 11) is 0. The third-order valence-corrected chi connectivity index (χ3v) is 4.02. The van der Waals surface area contributed by atoms with E-state index in [1.165, 1.54) is 6.07 Å². The van der Waals surface area contributed by atoms with Gasteiger partial charge in [0, 0.05) is 11.5 Å². The minimum atomic E-state index is -4.35. The zero-order valence-electron chi connectivity index (χ0n) is 11.1. The predicted octanol–water partition coefficient (Wildman–Crippen LogP) is 4.63. The minimum Gasteiger partial charge on any atom is -0.294 e. The van der Waals surface area contributed by atoms with Gasteiger partial charge in [0.15, 0.2) is 5.78 Å². The Morgan fingerprint density at radius 1 is 1.26 bits per heavy atom. The Balaban J connectivity index is 2.29. The summed E-state index contributed by atoms with van der Waals surface area (Å²) in [6.07, 6.45) is -1.46. The molecule has 19 heavy (non-hydrogen) atoms. The van der Waals surface area contributed by atoms with Gasteiger partial charge in [-0.2, -0.15) is 13.2 Å². The van der Waals surface area contributed by atoms with Crippen molar-refractivity contribution in [1.29, 1.82) is 0 Å². The number of alkyl halides is 3. The van der Waals surface area contributed by atoms with Gasteiger partial charge in [0.2, 0.25) is 0 Å². The van der Waals surface area contributed by atoms with Crippen molar-refractivity contribution in [2.75, 3.05) is 0 Å². The van der Waals surface area contributed by atoms with Crippen LogP contribution in [0.2, 0.25) is 0 Å². The molecule has 1 aromatic rings. The average Bonchev–Trinajstić information content (AvgIpc) is 2.73. The molecule has 0 spiro atoms. The molecule has 2 unspecified atom stereocenters. The van der Waals surface area contributed by atoms with Crippen molar-refractivity contribution in [3.8, 4) is 0 Å². The second kappa shape index (κ2) is 4.99. The lowest BCUT2D eigenvalue weighted by Gasteiger charge is -2.16. The molecule has 0 N–H and O–H groups in total. The number of Topliss-reactive ketones (excluding diaryl/α,β-unsaturated/α-hetero) is 1. The van der Waals surface area contributed by atoms with E-state index >= 15 is 0 Å². The second-order valence-electron chi connectivity index (χ2n) is 5.41. The zero-order chi connectivity index (χ0) is 14.2. The molecule has 1 aliphatic carbocycles. The van der Waals surface area contributed by atoms with Crippen molar-refractivity contribution < 1.29 is 18.0 Å². The quantitative estimate of drug-likeness (QED) is 0.716. The maximum absolute atomic E-state index is 12.6. The molecule has 104 valence electrons. The van der Waals surface area contributed by atoms with Crippen molar-refractivity contribution in [3.63, 3.8) is 0 Å². The average molecular weight is 270 g/mol. The lowest BCUT2D eigenvalue weighted by Crippen LogP contribution is -2.18. The maximum atomic E-state index is 12.6. The number of aryl methyl sites for hydroxylation is 1. The van der Waals surface area contributed by atoms with Crippen LogP contribution in [0.15, 0.2) is 18.2 Å². The first-order chi connectivity index (χ1) is 8.80. The van der Waals surface area contributed by atoms with Gasteiger partial charge >= 0.3 is 6.18 Å². The van der Waals surface area contributed by atoms with Crippen LogP contribution in [0.5, 0.6) is 0 Å². The summed E-state index contributed by atoms with van der Waals surface area (Å²) < 4.78 is 37.7. The molecule has 1 aromatic carbocycles. The molecule has 0 bridgehead atoms. The number of carbonyl (C=O) groups excluding carboxylic acids is 1. The van der Waals surface area contributed by atoms with Crippen LogP contribution in [0, 0.1) is 18.8 Å². The van der Waals surface area contributed by atoms with Crippen LogP contribution in [0.3, 0.4) is 0 Å². The normalized spacial score (nSPS) is 23.6. The minimum absolute atomic E-state index is 0.00350. The first-order valence-corrected chi connectivity index (χ1v) is 6.52. The molecule has 0 aliphatic heterocycles. The van der Waals surface area contributed by atoms with E-state index in [4.69, 9.17) is 0 Å². The number of hydrogen-bond acceptors (Lipinski definition) is 1. The van der Waals surface area contributed by atoms with Crippen molar-refractivity contribution >= 4 is 5.78 Å². The van der Waals surface area contributed by atoms with E-state index in [-0.39, 0.29) is 11.7 Å². The Bertz CT molecular complexity index is 491. The molecule has 1 aliphatic rings. The summed E-state index contributed by atoms with van der Waals surface area (Å²) in [5, 5.41) is 0.